The molecule has 0 atom stereocenters. The first kappa shape index (κ1) is 23.9. The molecule has 0 saturated heterocycles. The maximum Gasteiger partial charge on any atom is 0.277 e. The van der Waals surface area contributed by atoms with E-state index in [0.29, 0.717) is 23.4 Å². The number of amides is 1. The second-order valence-corrected chi connectivity index (χ2v) is 8.55. The molecule has 8 nitrogen and oxygen atoms in total. The van der Waals surface area contributed by atoms with E-state index >= 15 is 0 Å². The number of aryl methyl sites for hydroxylation is 1. The van der Waals surface area contributed by atoms with E-state index in [1.165, 1.54) is 27.6 Å². The van der Waals surface area contributed by atoms with Gasteiger partial charge in [0.2, 0.25) is 5.95 Å². The fourth-order valence-electron chi connectivity index (χ4n) is 4.10. The molecule has 186 valence electrons. The lowest BCUT2D eigenvalue weighted by atomic mass is 10.1. The number of halogens is 1. The number of nitrogens with zero attached hydrogens (tertiary/aromatic N) is 4. The molecule has 0 fully saturated rings. The summed E-state index contributed by atoms with van der Waals surface area (Å²) < 4.78 is 21.0. The molecule has 0 radical (unpaired) electrons. The number of ether oxygens (including phenoxy) is 1. The fraction of sp³-hybridized carbons (Fsp3) is 0.143. The number of hydrogen-bond donors (Lipinski definition) is 1. The van der Waals surface area contributed by atoms with Gasteiger partial charge in [-0.25, -0.2) is 9.37 Å². The van der Waals surface area contributed by atoms with E-state index in [1.807, 2.05) is 30.3 Å². The SMILES string of the molecule is COc1ccc(CN(C(=O)c2ccccc2F)c2nc3nc(C)c(Cc4ccccc4)c(=O)n3[nH]2)cc1. The summed E-state index contributed by atoms with van der Waals surface area (Å²) in [4.78, 5) is 37.2. The van der Waals surface area contributed by atoms with Gasteiger partial charge in [0.15, 0.2) is 0 Å². The first-order valence-corrected chi connectivity index (χ1v) is 11.7. The monoisotopic (exact) mass is 497 g/mol. The molecule has 0 spiro atoms. The van der Waals surface area contributed by atoms with Crippen molar-refractivity contribution in [2.45, 2.75) is 19.9 Å². The summed E-state index contributed by atoms with van der Waals surface area (Å²) in [6.07, 6.45) is 0.402. The van der Waals surface area contributed by atoms with Crippen LogP contribution in [0.1, 0.15) is 32.7 Å². The van der Waals surface area contributed by atoms with Gasteiger partial charge >= 0.3 is 0 Å². The molecule has 0 saturated carbocycles. The van der Waals surface area contributed by atoms with Crippen LogP contribution in [0.25, 0.3) is 5.78 Å². The van der Waals surface area contributed by atoms with Crippen LogP contribution in [0, 0.1) is 12.7 Å². The highest BCUT2D eigenvalue weighted by Gasteiger charge is 2.25. The van der Waals surface area contributed by atoms with Crippen molar-refractivity contribution in [2.75, 3.05) is 12.0 Å². The largest absolute Gasteiger partial charge is 0.497 e. The second-order valence-electron chi connectivity index (χ2n) is 8.55. The van der Waals surface area contributed by atoms with Crippen LogP contribution in [-0.2, 0) is 13.0 Å². The summed E-state index contributed by atoms with van der Waals surface area (Å²) in [6, 6.07) is 22.5. The van der Waals surface area contributed by atoms with Crippen molar-refractivity contribution in [1.82, 2.24) is 19.6 Å². The molecule has 37 heavy (non-hydrogen) atoms. The maximum atomic E-state index is 14.6. The van der Waals surface area contributed by atoms with Crippen molar-refractivity contribution in [1.29, 1.82) is 0 Å². The van der Waals surface area contributed by atoms with E-state index in [0.717, 1.165) is 11.1 Å². The van der Waals surface area contributed by atoms with E-state index in [1.54, 1.807) is 44.4 Å². The Morgan fingerprint density at radius 2 is 1.68 bits per heavy atom. The van der Waals surface area contributed by atoms with Crippen LogP contribution in [-0.4, -0.2) is 32.6 Å². The zero-order chi connectivity index (χ0) is 25.9. The summed E-state index contributed by atoms with van der Waals surface area (Å²) >= 11 is 0. The Balaban J connectivity index is 1.58. The van der Waals surface area contributed by atoms with Crippen LogP contribution < -0.4 is 15.2 Å². The highest BCUT2D eigenvalue weighted by molar-refractivity contribution is 6.05. The number of nitrogens with one attached hydrogen (secondary N) is 1. The zero-order valence-electron chi connectivity index (χ0n) is 20.3. The molecule has 2 heterocycles. The average Bonchev–Trinajstić information content (AvgIpc) is 3.34. The molecule has 0 aliphatic rings. The quantitative estimate of drug-likeness (QED) is 0.362. The number of benzene rings is 3. The van der Waals surface area contributed by atoms with E-state index in [4.69, 9.17) is 4.74 Å². The number of fused-ring (bicyclic) bond motifs is 1. The summed E-state index contributed by atoms with van der Waals surface area (Å²) in [5.41, 5.74) is 2.37. The predicted molar refractivity (Wildman–Crippen MR) is 138 cm³/mol. The molecule has 2 aromatic heterocycles. The highest BCUT2D eigenvalue weighted by atomic mass is 19.1. The molecule has 0 unspecified atom stereocenters. The molecule has 0 aliphatic carbocycles. The molecule has 0 aliphatic heterocycles. The summed E-state index contributed by atoms with van der Waals surface area (Å²) in [7, 11) is 1.57. The van der Waals surface area contributed by atoms with Crippen molar-refractivity contribution in [2.24, 2.45) is 0 Å². The summed E-state index contributed by atoms with van der Waals surface area (Å²) in [5, 5.41) is 2.92. The molecule has 5 rings (SSSR count). The number of hydrogen-bond acceptors (Lipinski definition) is 5. The van der Waals surface area contributed by atoms with Gasteiger partial charge in [0.1, 0.15) is 11.6 Å². The zero-order valence-corrected chi connectivity index (χ0v) is 20.3. The van der Waals surface area contributed by atoms with Crippen LogP contribution in [0.5, 0.6) is 5.75 Å². The van der Waals surface area contributed by atoms with E-state index < -0.39 is 11.7 Å². The van der Waals surface area contributed by atoms with Gasteiger partial charge in [-0.1, -0.05) is 54.6 Å². The van der Waals surface area contributed by atoms with Crippen LogP contribution >= 0.6 is 0 Å². The number of aromatic nitrogens is 4. The highest BCUT2D eigenvalue weighted by Crippen LogP contribution is 2.21. The van der Waals surface area contributed by atoms with Gasteiger partial charge in [0.05, 0.1) is 24.9 Å². The van der Waals surface area contributed by atoms with Crippen molar-refractivity contribution in [3.63, 3.8) is 0 Å². The normalized spacial score (nSPS) is 11.0. The standard InChI is InChI=1S/C28H24FN5O3/c1-18-23(16-19-8-4-3-5-9-19)26(36)34-27(30-18)31-28(32-34)33(17-20-12-14-21(37-2)15-13-20)25(35)22-10-6-7-11-24(22)29/h3-15H,16-17H2,1-2H3,(H,30,31,32). The lowest BCUT2D eigenvalue weighted by Crippen LogP contribution is -2.32. The van der Waals surface area contributed by atoms with Gasteiger partial charge in [0, 0.05) is 12.0 Å². The van der Waals surface area contributed by atoms with Gasteiger partial charge in [-0.15, -0.1) is 0 Å². The summed E-state index contributed by atoms with van der Waals surface area (Å²) in [6.45, 7) is 1.83. The molecule has 9 heteroatoms. The van der Waals surface area contributed by atoms with E-state index in [9.17, 15) is 14.0 Å². The number of carbonyl (C=O) groups is 1. The Labute approximate surface area is 212 Å². The van der Waals surface area contributed by atoms with Crippen molar-refractivity contribution >= 4 is 17.6 Å². The number of anilines is 1. The Morgan fingerprint density at radius 1 is 0.973 bits per heavy atom. The maximum absolute atomic E-state index is 14.6. The molecule has 1 N–H and O–H groups in total. The molecular weight excluding hydrogens is 473 g/mol. The van der Waals surface area contributed by atoms with Crippen LogP contribution in [0.2, 0.25) is 0 Å². The third kappa shape index (κ3) is 4.84. The van der Waals surface area contributed by atoms with Crippen molar-refractivity contribution in [3.05, 3.63) is 123 Å². The van der Waals surface area contributed by atoms with Gasteiger partial charge in [-0.05, 0) is 42.3 Å². The van der Waals surface area contributed by atoms with Crippen LogP contribution in [0.3, 0.4) is 0 Å². The fourth-order valence-corrected chi connectivity index (χ4v) is 4.10. The number of carbonyl (C=O) groups excluding carboxylic acids is 1. The van der Waals surface area contributed by atoms with Crippen LogP contribution in [0.4, 0.5) is 10.3 Å². The van der Waals surface area contributed by atoms with E-state index in [-0.39, 0.29) is 29.4 Å². The van der Waals surface area contributed by atoms with Gasteiger partial charge < -0.3 is 4.74 Å². The van der Waals surface area contributed by atoms with Gasteiger partial charge in [-0.2, -0.15) is 9.50 Å². The third-order valence-electron chi connectivity index (χ3n) is 6.11. The number of H-pyrrole nitrogens is 1. The van der Waals surface area contributed by atoms with Crippen molar-refractivity contribution < 1.29 is 13.9 Å². The Kier molecular flexibility index (Phi) is 6.51. The third-order valence-corrected chi connectivity index (χ3v) is 6.11. The number of methoxy groups -OCH3 is 1. The minimum Gasteiger partial charge on any atom is -0.497 e. The first-order chi connectivity index (χ1) is 17.9. The Hall–Kier alpha value is -4.79. The van der Waals surface area contributed by atoms with E-state index in [2.05, 4.69) is 15.1 Å². The van der Waals surface area contributed by atoms with Gasteiger partial charge in [0.25, 0.3) is 17.2 Å². The second kappa shape index (κ2) is 10.1. The molecular formula is C28H24FN5O3. The predicted octanol–water partition coefficient (Wildman–Crippen LogP) is 4.31. The number of rotatable bonds is 7. The first-order valence-electron chi connectivity index (χ1n) is 11.7. The van der Waals surface area contributed by atoms with Crippen LogP contribution in [0.15, 0.2) is 83.7 Å². The minimum atomic E-state index is -0.653. The molecule has 1 amide bonds. The smallest absolute Gasteiger partial charge is 0.277 e. The molecule has 3 aromatic carbocycles. The minimum absolute atomic E-state index is 0.0710. The Bertz CT molecular complexity index is 1630. The Morgan fingerprint density at radius 3 is 2.38 bits per heavy atom. The molecule has 0 bridgehead atoms. The lowest BCUT2D eigenvalue weighted by Gasteiger charge is -2.20. The number of aromatic amines is 1. The average molecular weight is 498 g/mol. The lowest BCUT2D eigenvalue weighted by molar-refractivity contribution is 0.0979. The van der Waals surface area contributed by atoms with Crippen molar-refractivity contribution in [3.8, 4) is 5.75 Å². The van der Waals surface area contributed by atoms with Gasteiger partial charge in [-0.3, -0.25) is 19.6 Å². The molecule has 5 aromatic rings. The topological polar surface area (TPSA) is 92.6 Å². The summed E-state index contributed by atoms with van der Waals surface area (Å²) in [5.74, 6) is -0.404.